The predicted octanol–water partition coefficient (Wildman–Crippen LogP) is 2.79. The molecule has 1 heterocycles. The summed E-state index contributed by atoms with van der Waals surface area (Å²) in [4.78, 5) is 19.1. The van der Waals surface area contributed by atoms with Crippen LogP contribution in [0.2, 0.25) is 0 Å². The number of amides is 1. The molecule has 1 saturated heterocycles. The summed E-state index contributed by atoms with van der Waals surface area (Å²) >= 11 is 0. The maximum atomic E-state index is 12.8. The maximum Gasteiger partial charge on any atom is 0.236 e. The number of piperazine rings is 1. The lowest BCUT2D eigenvalue weighted by atomic mass is 10.1. The number of nitrogens with zero attached hydrogens (tertiary/aromatic N) is 3. The molecule has 6 heteroatoms. The van der Waals surface area contributed by atoms with Crippen LogP contribution in [0.3, 0.4) is 0 Å². The summed E-state index contributed by atoms with van der Waals surface area (Å²) in [5.74, 6) is 1.90. The Morgan fingerprint density at radius 2 is 1.69 bits per heavy atom. The number of rotatable bonds is 7. The number of benzene rings is 2. The van der Waals surface area contributed by atoms with Crippen LogP contribution in [0.5, 0.6) is 11.5 Å². The molecular weight excluding hydrogens is 366 g/mol. The molecule has 29 heavy (non-hydrogen) atoms. The zero-order chi connectivity index (χ0) is 20.8. The van der Waals surface area contributed by atoms with E-state index < -0.39 is 0 Å². The quantitative estimate of drug-likeness (QED) is 0.719. The fraction of sp³-hybridized carbons (Fsp3) is 0.435. The molecule has 0 bridgehead atoms. The molecule has 2 aromatic rings. The Hall–Kier alpha value is -2.73. The second-order valence-electron chi connectivity index (χ2n) is 7.53. The summed E-state index contributed by atoms with van der Waals surface area (Å²) in [7, 11) is 5.35. The van der Waals surface area contributed by atoms with Crippen LogP contribution in [0, 0.1) is 6.92 Å². The van der Waals surface area contributed by atoms with Crippen LogP contribution in [0.1, 0.15) is 11.1 Å². The van der Waals surface area contributed by atoms with Crippen molar-refractivity contribution in [2.75, 3.05) is 58.9 Å². The van der Waals surface area contributed by atoms with Crippen LogP contribution >= 0.6 is 0 Å². The van der Waals surface area contributed by atoms with Crippen molar-refractivity contribution in [1.29, 1.82) is 0 Å². The summed E-state index contributed by atoms with van der Waals surface area (Å²) in [6.45, 7) is 6.19. The maximum absolute atomic E-state index is 12.8. The van der Waals surface area contributed by atoms with E-state index in [9.17, 15) is 4.79 Å². The number of hydrogen-bond acceptors (Lipinski definition) is 5. The summed E-state index contributed by atoms with van der Waals surface area (Å²) in [5.41, 5.74) is 3.38. The Balaban J connectivity index is 1.54. The number of aryl methyl sites for hydroxylation is 1. The molecule has 0 unspecified atom stereocenters. The minimum atomic E-state index is 0.166. The van der Waals surface area contributed by atoms with Gasteiger partial charge in [0.25, 0.3) is 0 Å². The van der Waals surface area contributed by atoms with Gasteiger partial charge < -0.3 is 19.3 Å². The Bertz CT molecular complexity index is 832. The molecule has 0 spiro atoms. The second kappa shape index (κ2) is 9.65. The lowest BCUT2D eigenvalue weighted by Crippen LogP contribution is -2.51. The first-order chi connectivity index (χ1) is 14.0. The number of hydrogen-bond donors (Lipinski definition) is 0. The zero-order valence-corrected chi connectivity index (χ0v) is 17.9. The number of ether oxygens (including phenoxy) is 2. The summed E-state index contributed by atoms with van der Waals surface area (Å²) in [6, 6.07) is 14.2. The SMILES string of the molecule is COc1ccc(C)cc1CN(C)CC(=O)N1CCN(c2ccccc2OC)CC1. The largest absolute Gasteiger partial charge is 0.496 e. The van der Waals surface area contributed by atoms with Gasteiger partial charge in [0.1, 0.15) is 11.5 Å². The average Bonchev–Trinajstić information content (AvgIpc) is 2.74. The van der Waals surface area contributed by atoms with Crippen molar-refractivity contribution in [3.05, 3.63) is 53.6 Å². The molecule has 0 aromatic heterocycles. The topological polar surface area (TPSA) is 45.2 Å². The second-order valence-corrected chi connectivity index (χ2v) is 7.53. The van der Waals surface area contributed by atoms with Crippen molar-refractivity contribution in [3.8, 4) is 11.5 Å². The average molecular weight is 398 g/mol. The van der Waals surface area contributed by atoms with Gasteiger partial charge in [-0.1, -0.05) is 29.8 Å². The highest BCUT2D eigenvalue weighted by Crippen LogP contribution is 2.28. The molecule has 1 aliphatic heterocycles. The highest BCUT2D eigenvalue weighted by molar-refractivity contribution is 5.78. The minimum absolute atomic E-state index is 0.166. The molecule has 1 amide bonds. The van der Waals surface area contributed by atoms with E-state index >= 15 is 0 Å². The van der Waals surface area contributed by atoms with Crippen molar-refractivity contribution in [2.45, 2.75) is 13.5 Å². The molecule has 0 radical (unpaired) electrons. The fourth-order valence-corrected chi connectivity index (χ4v) is 3.80. The Kier molecular flexibility index (Phi) is 6.99. The molecule has 2 aromatic carbocycles. The standard InChI is InChI=1S/C23H31N3O3/c1-18-9-10-21(28-3)19(15-18)16-24(2)17-23(27)26-13-11-25(12-14-26)20-7-5-6-8-22(20)29-4/h5-10,15H,11-14,16-17H2,1-4H3. The van der Waals surface area contributed by atoms with Gasteiger partial charge in [0.05, 0.1) is 26.5 Å². The molecule has 1 fully saturated rings. The van der Waals surface area contributed by atoms with Gasteiger partial charge in [0.15, 0.2) is 0 Å². The van der Waals surface area contributed by atoms with Gasteiger partial charge in [-0.15, -0.1) is 0 Å². The van der Waals surface area contributed by atoms with Gasteiger partial charge >= 0.3 is 0 Å². The van der Waals surface area contributed by atoms with Crippen molar-refractivity contribution < 1.29 is 14.3 Å². The first kappa shape index (κ1) is 21.0. The van der Waals surface area contributed by atoms with Gasteiger partial charge in [-0.05, 0) is 32.2 Å². The number of anilines is 1. The molecule has 1 aliphatic rings. The minimum Gasteiger partial charge on any atom is -0.496 e. The van der Waals surface area contributed by atoms with Crippen molar-refractivity contribution >= 4 is 11.6 Å². The Morgan fingerprint density at radius 3 is 2.38 bits per heavy atom. The van der Waals surface area contributed by atoms with E-state index in [1.54, 1.807) is 14.2 Å². The molecule has 0 N–H and O–H groups in total. The number of methoxy groups -OCH3 is 2. The van der Waals surface area contributed by atoms with E-state index in [0.29, 0.717) is 13.1 Å². The lowest BCUT2D eigenvalue weighted by molar-refractivity contribution is -0.132. The monoisotopic (exact) mass is 397 g/mol. The number of para-hydroxylation sites is 2. The predicted molar refractivity (Wildman–Crippen MR) is 116 cm³/mol. The number of carbonyl (C=O) groups is 1. The lowest BCUT2D eigenvalue weighted by Gasteiger charge is -2.37. The highest BCUT2D eigenvalue weighted by atomic mass is 16.5. The van der Waals surface area contributed by atoms with E-state index in [4.69, 9.17) is 9.47 Å². The molecule has 6 nitrogen and oxygen atoms in total. The smallest absolute Gasteiger partial charge is 0.236 e. The molecule has 3 rings (SSSR count). The van der Waals surface area contributed by atoms with E-state index in [1.807, 2.05) is 47.2 Å². The van der Waals surface area contributed by atoms with Crippen molar-refractivity contribution in [2.24, 2.45) is 0 Å². The van der Waals surface area contributed by atoms with Crippen LogP contribution in [-0.2, 0) is 11.3 Å². The third kappa shape index (κ3) is 5.21. The van der Waals surface area contributed by atoms with Crippen LogP contribution < -0.4 is 14.4 Å². The van der Waals surface area contributed by atoms with Crippen molar-refractivity contribution in [3.63, 3.8) is 0 Å². The summed E-state index contributed by atoms with van der Waals surface area (Å²) in [6.07, 6.45) is 0. The van der Waals surface area contributed by atoms with Gasteiger partial charge in [-0.3, -0.25) is 9.69 Å². The van der Waals surface area contributed by atoms with Gasteiger partial charge in [-0.2, -0.15) is 0 Å². The molecular formula is C23H31N3O3. The van der Waals surface area contributed by atoms with Gasteiger partial charge in [0, 0.05) is 38.3 Å². The Morgan fingerprint density at radius 1 is 1.00 bits per heavy atom. The van der Waals surface area contributed by atoms with Crippen LogP contribution in [0.15, 0.2) is 42.5 Å². The molecule has 0 atom stereocenters. The van der Waals surface area contributed by atoms with Gasteiger partial charge in [-0.25, -0.2) is 0 Å². The van der Waals surface area contributed by atoms with E-state index in [2.05, 4.69) is 24.0 Å². The molecule has 156 valence electrons. The third-order valence-electron chi connectivity index (χ3n) is 5.34. The number of carbonyl (C=O) groups excluding carboxylic acids is 1. The van der Waals surface area contributed by atoms with E-state index in [0.717, 1.165) is 48.9 Å². The zero-order valence-electron chi connectivity index (χ0n) is 17.9. The molecule has 0 saturated carbocycles. The first-order valence-electron chi connectivity index (χ1n) is 9.99. The Labute approximate surface area is 173 Å². The van der Waals surface area contributed by atoms with E-state index in [-0.39, 0.29) is 5.91 Å². The highest BCUT2D eigenvalue weighted by Gasteiger charge is 2.23. The molecule has 0 aliphatic carbocycles. The fourth-order valence-electron chi connectivity index (χ4n) is 3.80. The van der Waals surface area contributed by atoms with Gasteiger partial charge in [0.2, 0.25) is 5.91 Å². The van der Waals surface area contributed by atoms with Crippen molar-refractivity contribution in [1.82, 2.24) is 9.80 Å². The van der Waals surface area contributed by atoms with Crippen LogP contribution in [-0.4, -0.2) is 69.7 Å². The van der Waals surface area contributed by atoms with Crippen LogP contribution in [0.25, 0.3) is 0 Å². The van der Waals surface area contributed by atoms with E-state index in [1.165, 1.54) is 5.56 Å². The number of likely N-dealkylation sites (N-methyl/N-ethyl adjacent to an activating group) is 1. The normalized spacial score (nSPS) is 14.2. The summed E-state index contributed by atoms with van der Waals surface area (Å²) < 4.78 is 10.9. The first-order valence-corrected chi connectivity index (χ1v) is 9.99. The van der Waals surface area contributed by atoms with Crippen LogP contribution in [0.4, 0.5) is 5.69 Å². The summed E-state index contributed by atoms with van der Waals surface area (Å²) in [5, 5.41) is 0. The third-order valence-corrected chi connectivity index (χ3v) is 5.34.